The molecule has 1 aromatic heterocycles. The van der Waals surface area contributed by atoms with Gasteiger partial charge in [0, 0.05) is 24.1 Å². The standard InChI is InChI=1S/C15H19N3O2/c1-10-15(17-8-7-16-10)11(2)18-12-5-6-13(19-3)14(9-12)20-4/h5-9,11,18H,1-4H3. The van der Waals surface area contributed by atoms with E-state index < -0.39 is 0 Å². The zero-order chi connectivity index (χ0) is 14.5. The largest absolute Gasteiger partial charge is 0.493 e. The Morgan fingerprint density at radius 2 is 1.75 bits per heavy atom. The predicted octanol–water partition coefficient (Wildman–Crippen LogP) is 2.98. The summed E-state index contributed by atoms with van der Waals surface area (Å²) in [6, 6.07) is 5.78. The van der Waals surface area contributed by atoms with E-state index in [9.17, 15) is 0 Å². The molecular formula is C15H19N3O2. The third kappa shape index (κ3) is 2.99. The van der Waals surface area contributed by atoms with Gasteiger partial charge in [0.25, 0.3) is 0 Å². The Morgan fingerprint density at radius 3 is 2.40 bits per heavy atom. The second-order valence-electron chi connectivity index (χ2n) is 4.46. The van der Waals surface area contributed by atoms with Crippen molar-refractivity contribution in [1.82, 2.24) is 9.97 Å². The van der Waals surface area contributed by atoms with E-state index in [1.165, 1.54) is 0 Å². The van der Waals surface area contributed by atoms with E-state index >= 15 is 0 Å². The van der Waals surface area contributed by atoms with Gasteiger partial charge in [-0.05, 0) is 26.0 Å². The van der Waals surface area contributed by atoms with Crippen molar-refractivity contribution in [1.29, 1.82) is 0 Å². The molecule has 0 aliphatic carbocycles. The SMILES string of the molecule is COc1ccc(NC(C)c2nccnc2C)cc1OC. The molecule has 1 atom stereocenters. The molecule has 0 radical (unpaired) electrons. The lowest BCUT2D eigenvalue weighted by molar-refractivity contribution is 0.355. The molecule has 0 amide bonds. The summed E-state index contributed by atoms with van der Waals surface area (Å²) in [4.78, 5) is 8.63. The second-order valence-corrected chi connectivity index (χ2v) is 4.46. The number of methoxy groups -OCH3 is 2. The number of aromatic nitrogens is 2. The Balaban J connectivity index is 2.20. The van der Waals surface area contributed by atoms with E-state index in [0.29, 0.717) is 11.5 Å². The Kier molecular flexibility index (Phi) is 4.40. The second kappa shape index (κ2) is 6.23. The molecule has 5 nitrogen and oxygen atoms in total. The highest BCUT2D eigenvalue weighted by molar-refractivity contribution is 5.55. The van der Waals surface area contributed by atoms with Crippen molar-refractivity contribution >= 4 is 5.69 Å². The molecule has 0 aliphatic rings. The monoisotopic (exact) mass is 273 g/mol. The molecule has 106 valence electrons. The first-order chi connectivity index (χ1) is 9.65. The predicted molar refractivity (Wildman–Crippen MR) is 78.4 cm³/mol. The van der Waals surface area contributed by atoms with Crippen molar-refractivity contribution in [3.05, 3.63) is 42.0 Å². The lowest BCUT2D eigenvalue weighted by atomic mass is 10.1. The number of anilines is 1. The Bertz CT molecular complexity index is 587. The molecule has 0 saturated heterocycles. The number of ether oxygens (including phenoxy) is 2. The number of aryl methyl sites for hydroxylation is 1. The molecule has 5 heteroatoms. The highest BCUT2D eigenvalue weighted by atomic mass is 16.5. The number of hydrogen-bond donors (Lipinski definition) is 1. The maximum atomic E-state index is 5.29. The van der Waals surface area contributed by atoms with E-state index in [1.807, 2.05) is 32.0 Å². The van der Waals surface area contributed by atoms with Gasteiger partial charge < -0.3 is 14.8 Å². The van der Waals surface area contributed by atoms with Gasteiger partial charge in [0.2, 0.25) is 0 Å². The molecule has 0 aliphatic heterocycles. The van der Waals surface area contributed by atoms with Gasteiger partial charge in [-0.1, -0.05) is 0 Å². The molecule has 0 spiro atoms. The fraction of sp³-hybridized carbons (Fsp3) is 0.333. The molecule has 0 bridgehead atoms. The van der Waals surface area contributed by atoms with Gasteiger partial charge in [-0.3, -0.25) is 9.97 Å². The first-order valence-corrected chi connectivity index (χ1v) is 6.41. The summed E-state index contributed by atoms with van der Waals surface area (Å²) < 4.78 is 10.5. The molecular weight excluding hydrogens is 254 g/mol. The molecule has 1 N–H and O–H groups in total. The molecule has 2 rings (SSSR count). The third-order valence-electron chi connectivity index (χ3n) is 3.10. The van der Waals surface area contributed by atoms with Gasteiger partial charge in [-0.25, -0.2) is 0 Å². The van der Waals surface area contributed by atoms with Gasteiger partial charge in [-0.2, -0.15) is 0 Å². The van der Waals surface area contributed by atoms with Crippen LogP contribution in [0.3, 0.4) is 0 Å². The lowest BCUT2D eigenvalue weighted by Crippen LogP contribution is -2.11. The van der Waals surface area contributed by atoms with Crippen molar-refractivity contribution in [3.8, 4) is 11.5 Å². The van der Waals surface area contributed by atoms with Crippen LogP contribution in [0, 0.1) is 6.92 Å². The first kappa shape index (κ1) is 14.1. The fourth-order valence-electron chi connectivity index (χ4n) is 2.09. The zero-order valence-electron chi connectivity index (χ0n) is 12.2. The summed E-state index contributed by atoms with van der Waals surface area (Å²) in [5, 5.41) is 3.39. The summed E-state index contributed by atoms with van der Waals surface area (Å²) in [6.07, 6.45) is 3.40. The average molecular weight is 273 g/mol. The number of benzene rings is 1. The topological polar surface area (TPSA) is 56.3 Å². The van der Waals surface area contributed by atoms with Gasteiger partial charge in [-0.15, -0.1) is 0 Å². The molecule has 0 fully saturated rings. The molecule has 20 heavy (non-hydrogen) atoms. The van der Waals surface area contributed by atoms with Crippen LogP contribution in [0.2, 0.25) is 0 Å². The molecule has 1 unspecified atom stereocenters. The molecule has 1 heterocycles. The minimum absolute atomic E-state index is 0.0572. The highest BCUT2D eigenvalue weighted by Gasteiger charge is 2.12. The summed E-state index contributed by atoms with van der Waals surface area (Å²) in [7, 11) is 3.24. The van der Waals surface area contributed by atoms with Crippen LogP contribution in [0.5, 0.6) is 11.5 Å². The maximum Gasteiger partial charge on any atom is 0.162 e. The minimum Gasteiger partial charge on any atom is -0.493 e. The van der Waals surface area contributed by atoms with E-state index in [-0.39, 0.29) is 6.04 Å². The van der Waals surface area contributed by atoms with Crippen molar-refractivity contribution in [2.75, 3.05) is 19.5 Å². The maximum absolute atomic E-state index is 5.29. The van der Waals surface area contributed by atoms with Crippen LogP contribution >= 0.6 is 0 Å². The van der Waals surface area contributed by atoms with Crippen LogP contribution < -0.4 is 14.8 Å². The summed E-state index contributed by atoms with van der Waals surface area (Å²) >= 11 is 0. The van der Waals surface area contributed by atoms with Crippen LogP contribution in [0.1, 0.15) is 24.4 Å². The average Bonchev–Trinajstić information content (AvgIpc) is 2.47. The van der Waals surface area contributed by atoms with E-state index in [0.717, 1.165) is 17.1 Å². The van der Waals surface area contributed by atoms with Crippen LogP contribution in [0.25, 0.3) is 0 Å². The van der Waals surface area contributed by atoms with Crippen molar-refractivity contribution in [3.63, 3.8) is 0 Å². The van der Waals surface area contributed by atoms with Gasteiger partial charge in [0.05, 0.1) is 31.6 Å². The van der Waals surface area contributed by atoms with Gasteiger partial charge >= 0.3 is 0 Å². The summed E-state index contributed by atoms with van der Waals surface area (Å²) in [5.41, 5.74) is 2.80. The van der Waals surface area contributed by atoms with Crippen molar-refractivity contribution < 1.29 is 9.47 Å². The van der Waals surface area contributed by atoms with Crippen molar-refractivity contribution in [2.45, 2.75) is 19.9 Å². The quantitative estimate of drug-likeness (QED) is 0.907. The Labute approximate surface area is 119 Å². The van der Waals surface area contributed by atoms with Crippen molar-refractivity contribution in [2.24, 2.45) is 0 Å². The summed E-state index contributed by atoms with van der Waals surface area (Å²) in [6.45, 7) is 4.00. The number of hydrogen-bond acceptors (Lipinski definition) is 5. The van der Waals surface area contributed by atoms with E-state index in [1.54, 1.807) is 26.6 Å². The molecule has 2 aromatic rings. The minimum atomic E-state index is 0.0572. The number of rotatable bonds is 5. The molecule has 1 aromatic carbocycles. The van der Waals surface area contributed by atoms with Crippen LogP contribution in [0.4, 0.5) is 5.69 Å². The van der Waals surface area contributed by atoms with Gasteiger partial charge in [0.1, 0.15) is 0 Å². The summed E-state index contributed by atoms with van der Waals surface area (Å²) in [5.74, 6) is 1.40. The first-order valence-electron chi connectivity index (χ1n) is 6.41. The van der Waals surface area contributed by atoms with E-state index in [2.05, 4.69) is 15.3 Å². The smallest absolute Gasteiger partial charge is 0.162 e. The lowest BCUT2D eigenvalue weighted by Gasteiger charge is -2.17. The number of nitrogens with zero attached hydrogens (tertiary/aromatic N) is 2. The van der Waals surface area contributed by atoms with Gasteiger partial charge in [0.15, 0.2) is 11.5 Å². The number of nitrogens with one attached hydrogen (secondary N) is 1. The highest BCUT2D eigenvalue weighted by Crippen LogP contribution is 2.31. The van der Waals surface area contributed by atoms with Crippen LogP contribution in [0.15, 0.2) is 30.6 Å². The molecule has 0 saturated carbocycles. The Hall–Kier alpha value is -2.30. The third-order valence-corrected chi connectivity index (χ3v) is 3.10. The van der Waals surface area contributed by atoms with Crippen LogP contribution in [-0.2, 0) is 0 Å². The normalized spacial score (nSPS) is 11.8. The van der Waals surface area contributed by atoms with E-state index in [4.69, 9.17) is 9.47 Å². The van der Waals surface area contributed by atoms with Crippen LogP contribution in [-0.4, -0.2) is 24.2 Å². The zero-order valence-corrected chi connectivity index (χ0v) is 12.2. The fourth-order valence-corrected chi connectivity index (χ4v) is 2.09. The Morgan fingerprint density at radius 1 is 1.05 bits per heavy atom.